The van der Waals surface area contributed by atoms with Gasteiger partial charge in [-0.1, -0.05) is 23.2 Å². The summed E-state index contributed by atoms with van der Waals surface area (Å²) in [5, 5.41) is 10.0. The molecule has 0 aliphatic rings. The molecule has 1 aromatic heterocycles. The van der Waals surface area contributed by atoms with E-state index in [1.807, 2.05) is 0 Å². The van der Waals surface area contributed by atoms with Gasteiger partial charge in [0.1, 0.15) is 11.6 Å². The van der Waals surface area contributed by atoms with Gasteiger partial charge in [-0.25, -0.2) is 12.8 Å². The average molecular weight is 350 g/mol. The number of nitrogens with zero attached hydrogens (tertiary/aromatic N) is 1. The second kappa shape index (κ2) is 6.17. The van der Waals surface area contributed by atoms with Gasteiger partial charge in [-0.05, 0) is 18.2 Å². The van der Waals surface area contributed by atoms with Gasteiger partial charge in [0.25, 0.3) is 0 Å². The van der Waals surface area contributed by atoms with Gasteiger partial charge >= 0.3 is 0 Å². The highest BCUT2D eigenvalue weighted by Crippen LogP contribution is 2.23. The quantitative estimate of drug-likeness (QED) is 0.918. The summed E-state index contributed by atoms with van der Waals surface area (Å²) in [4.78, 5) is 3.76. The number of sulfone groups is 1. The monoisotopic (exact) mass is 349 g/mol. The summed E-state index contributed by atoms with van der Waals surface area (Å²) < 4.78 is 37.7. The fourth-order valence-corrected chi connectivity index (χ4v) is 3.50. The van der Waals surface area contributed by atoms with Crippen LogP contribution in [0.15, 0.2) is 30.5 Å². The highest BCUT2D eigenvalue weighted by atomic mass is 35.5. The van der Waals surface area contributed by atoms with Crippen LogP contribution in [0.5, 0.6) is 5.75 Å². The molecule has 4 nitrogen and oxygen atoms in total. The summed E-state index contributed by atoms with van der Waals surface area (Å²) in [7, 11) is -3.73. The predicted octanol–water partition coefficient (Wildman–Crippen LogP) is 3.35. The number of aromatic nitrogens is 1. The van der Waals surface area contributed by atoms with Crippen LogP contribution in [0.4, 0.5) is 4.39 Å². The zero-order valence-electron chi connectivity index (χ0n) is 10.6. The summed E-state index contributed by atoms with van der Waals surface area (Å²) in [6.07, 6.45) is 1.23. The minimum atomic E-state index is -3.73. The molecular weight excluding hydrogens is 340 g/mol. The molecule has 0 unspecified atom stereocenters. The zero-order chi connectivity index (χ0) is 15.6. The lowest BCUT2D eigenvalue weighted by Crippen LogP contribution is -2.10. The van der Waals surface area contributed by atoms with Crippen LogP contribution in [-0.2, 0) is 21.3 Å². The molecule has 21 heavy (non-hydrogen) atoms. The number of benzene rings is 1. The zero-order valence-corrected chi connectivity index (χ0v) is 12.9. The molecule has 8 heteroatoms. The Morgan fingerprint density at radius 2 is 1.86 bits per heavy atom. The molecule has 0 radical (unpaired) electrons. The third-order valence-corrected chi connectivity index (χ3v) is 4.56. The van der Waals surface area contributed by atoms with Gasteiger partial charge in [-0.3, -0.25) is 4.98 Å². The molecule has 1 heterocycles. The van der Waals surface area contributed by atoms with E-state index in [-0.39, 0.29) is 27.1 Å². The van der Waals surface area contributed by atoms with Crippen molar-refractivity contribution in [2.75, 3.05) is 0 Å². The molecular formula is C13H10Cl2FNO3S. The van der Waals surface area contributed by atoms with Crippen molar-refractivity contribution in [3.63, 3.8) is 0 Å². The maximum absolute atomic E-state index is 13.6. The van der Waals surface area contributed by atoms with Gasteiger partial charge < -0.3 is 5.11 Å². The topological polar surface area (TPSA) is 67.3 Å². The highest BCUT2D eigenvalue weighted by molar-refractivity contribution is 7.89. The van der Waals surface area contributed by atoms with Crippen LogP contribution < -0.4 is 0 Å². The van der Waals surface area contributed by atoms with E-state index < -0.39 is 27.2 Å². The molecule has 0 aliphatic carbocycles. The Kier molecular flexibility index (Phi) is 4.70. The fourth-order valence-electron chi connectivity index (χ4n) is 1.72. The van der Waals surface area contributed by atoms with Gasteiger partial charge in [0.15, 0.2) is 9.84 Å². The maximum Gasteiger partial charge on any atom is 0.160 e. The van der Waals surface area contributed by atoms with Crippen LogP contribution in [0, 0.1) is 5.82 Å². The second-order valence-electron chi connectivity index (χ2n) is 4.39. The van der Waals surface area contributed by atoms with E-state index in [1.54, 1.807) is 0 Å². The minimum Gasteiger partial charge on any atom is -0.506 e. The van der Waals surface area contributed by atoms with E-state index in [0.29, 0.717) is 0 Å². The molecule has 0 atom stereocenters. The maximum atomic E-state index is 13.6. The number of pyridine rings is 1. The van der Waals surface area contributed by atoms with Crippen molar-refractivity contribution >= 4 is 33.0 Å². The van der Waals surface area contributed by atoms with Gasteiger partial charge in [0, 0.05) is 22.8 Å². The normalized spacial score (nSPS) is 11.6. The van der Waals surface area contributed by atoms with E-state index in [2.05, 4.69) is 4.98 Å². The van der Waals surface area contributed by atoms with Crippen molar-refractivity contribution in [2.24, 2.45) is 0 Å². The largest absolute Gasteiger partial charge is 0.506 e. The van der Waals surface area contributed by atoms with Crippen LogP contribution in [0.25, 0.3) is 0 Å². The first kappa shape index (κ1) is 16.0. The van der Waals surface area contributed by atoms with E-state index in [1.165, 1.54) is 24.4 Å². The van der Waals surface area contributed by atoms with Crippen LogP contribution >= 0.6 is 23.2 Å². The Morgan fingerprint density at radius 1 is 1.14 bits per heavy atom. The summed E-state index contributed by atoms with van der Waals surface area (Å²) in [6.45, 7) is 0. The molecule has 2 aromatic rings. The summed E-state index contributed by atoms with van der Waals surface area (Å²) >= 11 is 11.3. The first-order chi connectivity index (χ1) is 9.77. The van der Waals surface area contributed by atoms with Crippen molar-refractivity contribution in [2.45, 2.75) is 11.5 Å². The molecule has 1 N–H and O–H groups in total. The molecule has 1 aromatic carbocycles. The molecule has 0 bridgehead atoms. The standard InChI is InChI=1S/C13H10Cl2FNO3S/c14-9-1-2-11(16)8(3-9)6-21(19,20)7-12-13(18)4-10(15)5-17-12/h1-5,18H,6-7H2. The molecule has 0 spiro atoms. The SMILES string of the molecule is O=S(=O)(Cc1cc(Cl)ccc1F)Cc1ncc(Cl)cc1O. The Balaban J connectivity index is 2.24. The van der Waals surface area contributed by atoms with Gasteiger partial charge in [0.2, 0.25) is 0 Å². The van der Waals surface area contributed by atoms with Crippen molar-refractivity contribution in [1.82, 2.24) is 4.98 Å². The van der Waals surface area contributed by atoms with Crippen LogP contribution in [0.1, 0.15) is 11.3 Å². The number of halogens is 3. The Labute approximate surface area is 131 Å². The first-order valence-corrected chi connectivity index (χ1v) is 8.32. The Bertz CT molecular complexity index is 781. The predicted molar refractivity (Wildman–Crippen MR) is 78.6 cm³/mol. The fraction of sp³-hybridized carbons (Fsp3) is 0.154. The van der Waals surface area contributed by atoms with Crippen molar-refractivity contribution < 1.29 is 17.9 Å². The molecule has 0 fully saturated rings. The minimum absolute atomic E-state index is 0.0315. The van der Waals surface area contributed by atoms with Gasteiger partial charge in [-0.15, -0.1) is 0 Å². The third kappa shape index (κ3) is 4.30. The number of rotatable bonds is 4. The molecule has 0 amide bonds. The number of hydrogen-bond acceptors (Lipinski definition) is 4. The van der Waals surface area contributed by atoms with Gasteiger partial charge in [-0.2, -0.15) is 0 Å². The van der Waals surface area contributed by atoms with E-state index in [4.69, 9.17) is 23.2 Å². The lowest BCUT2D eigenvalue weighted by atomic mass is 10.2. The average Bonchev–Trinajstić information content (AvgIpc) is 2.37. The van der Waals surface area contributed by atoms with Crippen molar-refractivity contribution in [1.29, 1.82) is 0 Å². The Morgan fingerprint density at radius 3 is 2.52 bits per heavy atom. The molecule has 0 saturated heterocycles. The molecule has 0 saturated carbocycles. The van der Waals surface area contributed by atoms with Crippen LogP contribution in [0.2, 0.25) is 10.0 Å². The first-order valence-electron chi connectivity index (χ1n) is 5.74. The van der Waals surface area contributed by atoms with Crippen LogP contribution in [-0.4, -0.2) is 18.5 Å². The van der Waals surface area contributed by atoms with E-state index in [9.17, 15) is 17.9 Å². The molecule has 112 valence electrons. The van der Waals surface area contributed by atoms with Gasteiger partial charge in [0.05, 0.1) is 22.2 Å². The summed E-state index contributed by atoms with van der Waals surface area (Å²) in [5.74, 6) is -2.04. The smallest absolute Gasteiger partial charge is 0.160 e. The van der Waals surface area contributed by atoms with E-state index in [0.717, 1.165) is 6.07 Å². The lowest BCUT2D eigenvalue weighted by molar-refractivity contribution is 0.466. The Hall–Kier alpha value is -1.37. The molecule has 0 aliphatic heterocycles. The van der Waals surface area contributed by atoms with Crippen molar-refractivity contribution in [3.8, 4) is 5.75 Å². The van der Waals surface area contributed by atoms with Crippen molar-refractivity contribution in [3.05, 3.63) is 57.6 Å². The third-order valence-electron chi connectivity index (χ3n) is 2.65. The number of hydrogen-bond donors (Lipinski definition) is 1. The number of aromatic hydroxyl groups is 1. The van der Waals surface area contributed by atoms with E-state index >= 15 is 0 Å². The summed E-state index contributed by atoms with van der Waals surface area (Å²) in [6, 6.07) is 4.88. The lowest BCUT2D eigenvalue weighted by Gasteiger charge is -2.07. The second-order valence-corrected chi connectivity index (χ2v) is 7.32. The van der Waals surface area contributed by atoms with Crippen LogP contribution in [0.3, 0.4) is 0 Å². The highest BCUT2D eigenvalue weighted by Gasteiger charge is 2.19. The summed E-state index contributed by atoms with van der Waals surface area (Å²) in [5.41, 5.74) is -0.0715. The molecule has 2 rings (SSSR count).